The molecule has 1 heterocycles. The summed E-state index contributed by atoms with van der Waals surface area (Å²) in [6.07, 6.45) is 0. The van der Waals surface area contributed by atoms with E-state index in [0.717, 1.165) is 5.52 Å². The molecule has 3 aromatic carbocycles. The van der Waals surface area contributed by atoms with E-state index in [9.17, 15) is 0 Å². The molecule has 0 bridgehead atoms. The van der Waals surface area contributed by atoms with Gasteiger partial charge in [0.05, 0.1) is 0 Å². The van der Waals surface area contributed by atoms with Crippen molar-refractivity contribution in [3.63, 3.8) is 0 Å². The van der Waals surface area contributed by atoms with Gasteiger partial charge < -0.3 is 4.98 Å². The highest BCUT2D eigenvalue weighted by molar-refractivity contribution is 6.69. The molecule has 112 valence electrons. The average Bonchev–Trinajstić information content (AvgIpc) is 3.08. The maximum absolute atomic E-state index is 6.30. The lowest BCUT2D eigenvalue weighted by Crippen LogP contribution is -2.55. The molecule has 1 aromatic heterocycles. The molecular weight excluding hydrogens is 352 g/mol. The molecule has 0 aliphatic rings. The molecule has 0 amide bonds. The second kappa shape index (κ2) is 6.66. The van der Waals surface area contributed by atoms with Gasteiger partial charge in [-0.25, -0.2) is 0 Å². The first kappa shape index (κ1) is 19.6. The van der Waals surface area contributed by atoms with Crippen LogP contribution in [0.25, 0.3) is 32.9 Å². The molecule has 0 saturated carbocycles. The Bertz CT molecular complexity index is 1280. The van der Waals surface area contributed by atoms with Crippen LogP contribution >= 0.6 is 11.6 Å². The topological polar surface area (TPSA) is 15.8 Å². The Morgan fingerprint density at radius 2 is 1.18 bits per heavy atom. The quantitative estimate of drug-likeness (QED) is 0.335. The van der Waals surface area contributed by atoms with Crippen molar-refractivity contribution in [1.29, 1.82) is 0 Å². The second-order valence-electron chi connectivity index (χ2n) is 6.60. The average molecular weight is 356 g/mol. The molecule has 0 aliphatic carbocycles. The summed E-state index contributed by atoms with van der Waals surface area (Å²) in [6, 6.07) is 5.51. The third-order valence-corrected chi connectivity index (χ3v) is 5.50. The Kier molecular flexibility index (Phi) is 4.66. The number of aromatic amines is 1. The lowest BCUT2D eigenvalue weighted by Gasteiger charge is -2.22. The normalized spacial score (nSPS) is 11.5. The van der Waals surface area contributed by atoms with Gasteiger partial charge in [-0.3, -0.25) is 0 Å². The fourth-order valence-electron chi connectivity index (χ4n) is 3.58. The number of hydrogen-bond acceptors (Lipinski definition) is 0. The van der Waals surface area contributed by atoms with Crippen molar-refractivity contribution >= 4 is 140 Å². The van der Waals surface area contributed by atoms with E-state index in [1.54, 1.807) is 0 Å². The van der Waals surface area contributed by atoms with E-state index in [4.69, 9.17) is 74.4 Å². The van der Waals surface area contributed by atoms with Crippen molar-refractivity contribution in [1.82, 2.24) is 4.98 Å². The van der Waals surface area contributed by atoms with Crippen molar-refractivity contribution in [2.75, 3.05) is 0 Å². The van der Waals surface area contributed by atoms with E-state index in [2.05, 4.69) is 4.98 Å². The molecule has 0 fully saturated rings. The summed E-state index contributed by atoms with van der Waals surface area (Å²) in [5.41, 5.74) is 4.12. The zero-order chi connectivity index (χ0) is 20.5. The van der Waals surface area contributed by atoms with Gasteiger partial charge in [-0.05, 0) is 17.2 Å². The molecule has 0 unspecified atom stereocenters. The van der Waals surface area contributed by atoms with Gasteiger partial charge in [0.1, 0.15) is 62.8 Å². The van der Waals surface area contributed by atoms with Crippen LogP contribution in [0.15, 0.2) is 18.2 Å². The van der Waals surface area contributed by atoms with Crippen molar-refractivity contribution in [2.45, 2.75) is 0 Å². The number of aromatic nitrogens is 1. The largest absolute Gasteiger partial charge is 0.355 e. The Balaban J connectivity index is 2.26. The molecular formula is C18H4B8ClN. The number of hydrogen-bond donors (Lipinski definition) is 1. The number of benzene rings is 3. The fourth-order valence-corrected chi connectivity index (χ4v) is 3.77. The van der Waals surface area contributed by atoms with Crippen LogP contribution in [-0.2, 0) is 0 Å². The van der Waals surface area contributed by atoms with Gasteiger partial charge in [0.25, 0.3) is 0 Å². The second-order valence-corrected chi connectivity index (χ2v) is 6.98. The van der Waals surface area contributed by atoms with Gasteiger partial charge in [0.2, 0.25) is 0 Å². The molecule has 28 heavy (non-hydrogen) atoms. The van der Waals surface area contributed by atoms with E-state index < -0.39 is 0 Å². The van der Waals surface area contributed by atoms with Crippen molar-refractivity contribution in [3.05, 3.63) is 23.2 Å². The first-order valence-corrected chi connectivity index (χ1v) is 8.62. The zero-order valence-corrected chi connectivity index (χ0v) is 15.5. The highest BCUT2D eigenvalue weighted by Crippen LogP contribution is 2.32. The first-order valence-electron chi connectivity index (χ1n) is 8.24. The van der Waals surface area contributed by atoms with Gasteiger partial charge in [0.15, 0.2) is 0 Å². The van der Waals surface area contributed by atoms with Crippen molar-refractivity contribution in [2.24, 2.45) is 0 Å². The van der Waals surface area contributed by atoms with Gasteiger partial charge in [-0.2, -0.15) is 0 Å². The first-order chi connectivity index (χ1) is 13.2. The summed E-state index contributed by atoms with van der Waals surface area (Å²) in [5, 5.41) is 1.50. The Labute approximate surface area is 179 Å². The van der Waals surface area contributed by atoms with Crippen LogP contribution in [0.4, 0.5) is 0 Å². The number of halogens is 1. The molecule has 16 radical (unpaired) electrons. The number of H-pyrrole nitrogens is 1. The lowest BCUT2D eigenvalue weighted by atomic mass is 9.59. The Morgan fingerprint density at radius 1 is 0.607 bits per heavy atom. The minimum absolute atomic E-state index is 0.143. The highest BCUT2D eigenvalue weighted by atomic mass is 35.5. The van der Waals surface area contributed by atoms with Crippen LogP contribution in [0, 0.1) is 0 Å². The highest BCUT2D eigenvalue weighted by Gasteiger charge is 2.19. The monoisotopic (exact) mass is 357 g/mol. The van der Waals surface area contributed by atoms with E-state index in [1.807, 2.05) is 18.2 Å². The van der Waals surface area contributed by atoms with Crippen LogP contribution in [-0.4, -0.2) is 67.8 Å². The van der Waals surface area contributed by atoms with Crippen LogP contribution in [0.3, 0.4) is 0 Å². The van der Waals surface area contributed by atoms with Crippen LogP contribution in [0.5, 0.6) is 0 Å². The standard InChI is InChI=1S/C18H4B8ClN/c19-9-7(10(20)13(23)14(24)12(9)22)4-2-1-3-5-6(4)8-11(21)17(27)15(25)16(26)18(8)28-5/h1-3,28H. The van der Waals surface area contributed by atoms with Gasteiger partial charge >= 0.3 is 0 Å². The van der Waals surface area contributed by atoms with Crippen LogP contribution < -0.4 is 43.7 Å². The van der Waals surface area contributed by atoms with E-state index >= 15 is 0 Å². The summed E-state index contributed by atoms with van der Waals surface area (Å²) in [4.78, 5) is 3.23. The molecule has 4 aromatic rings. The summed E-state index contributed by atoms with van der Waals surface area (Å²) < 4.78 is 0. The summed E-state index contributed by atoms with van der Waals surface area (Å²) in [7, 11) is 48.9. The predicted octanol–water partition coefficient (Wildman–Crippen LogP) is -4.01. The smallest absolute Gasteiger partial charge is 0.116 e. The number of fused-ring (bicyclic) bond motifs is 3. The van der Waals surface area contributed by atoms with Crippen LogP contribution in [0.2, 0.25) is 5.02 Å². The number of nitrogens with one attached hydrogen (secondary N) is 1. The Hall–Kier alpha value is -1.73. The molecule has 10 heteroatoms. The molecule has 0 saturated heterocycles. The summed E-state index contributed by atoms with van der Waals surface area (Å²) >= 11 is 6.30. The van der Waals surface area contributed by atoms with E-state index in [1.165, 1.54) is 0 Å². The molecule has 4 rings (SSSR count). The summed E-state index contributed by atoms with van der Waals surface area (Å²) in [5.74, 6) is 0. The maximum Gasteiger partial charge on any atom is 0.116 e. The Morgan fingerprint density at radius 3 is 1.79 bits per heavy atom. The fraction of sp³-hybridized carbons (Fsp3) is 0. The number of rotatable bonds is 1. The van der Waals surface area contributed by atoms with E-state index in [0.29, 0.717) is 32.9 Å². The van der Waals surface area contributed by atoms with Crippen LogP contribution in [0.1, 0.15) is 0 Å². The van der Waals surface area contributed by atoms with Crippen molar-refractivity contribution in [3.8, 4) is 11.1 Å². The SMILES string of the molecule is [B]c1c([B])c([B])c(-c2cccc3[nH]c4c([B])c([B])c(Cl)c([B])c4c23)c([B])c1[B]. The third kappa shape index (κ3) is 2.52. The van der Waals surface area contributed by atoms with Crippen molar-refractivity contribution < 1.29 is 0 Å². The van der Waals surface area contributed by atoms with E-state index in [-0.39, 0.29) is 43.3 Å². The van der Waals surface area contributed by atoms with Gasteiger partial charge in [-0.15, -0.1) is 16.4 Å². The molecule has 0 spiro atoms. The molecule has 1 N–H and O–H groups in total. The molecule has 1 nitrogen and oxygen atoms in total. The minimum atomic E-state index is 0.143. The van der Waals surface area contributed by atoms with Gasteiger partial charge in [-0.1, -0.05) is 51.0 Å². The predicted molar refractivity (Wildman–Crippen MR) is 129 cm³/mol. The lowest BCUT2D eigenvalue weighted by molar-refractivity contribution is 1.56. The maximum atomic E-state index is 6.30. The molecule has 0 aliphatic heterocycles. The zero-order valence-electron chi connectivity index (χ0n) is 14.7. The third-order valence-electron chi connectivity index (χ3n) is 5.09. The molecule has 0 atom stereocenters. The summed E-state index contributed by atoms with van der Waals surface area (Å²) in [6.45, 7) is 0. The van der Waals surface area contributed by atoms with Gasteiger partial charge in [0, 0.05) is 26.8 Å². The minimum Gasteiger partial charge on any atom is -0.355 e.